The highest BCUT2D eigenvalue weighted by Gasteiger charge is 2.08. The van der Waals surface area contributed by atoms with E-state index < -0.39 is 0 Å². The lowest BCUT2D eigenvalue weighted by molar-refractivity contribution is 0.306. The highest BCUT2D eigenvalue weighted by molar-refractivity contribution is 7.13. The molecule has 2 aromatic carbocycles. The molecule has 0 fully saturated rings. The van der Waals surface area contributed by atoms with Crippen LogP contribution < -0.4 is 10.5 Å². The Hall–Kier alpha value is -1.75. The lowest BCUT2D eigenvalue weighted by Gasteiger charge is -2.10. The standard InChI is InChI=1S/C16H12Cl2N2OS/c17-13-5-2-6-14(18)12(13)8-21-11-4-1-3-10(7-11)15-9-22-16(19)20-15/h1-7,9H,8H2,(H2,19,20). The number of ether oxygens (including phenoxy) is 1. The average molecular weight is 351 g/mol. The number of nitrogens with two attached hydrogens (primary N) is 1. The minimum Gasteiger partial charge on any atom is -0.489 e. The van der Waals surface area contributed by atoms with Crippen molar-refractivity contribution in [1.29, 1.82) is 0 Å². The van der Waals surface area contributed by atoms with E-state index in [0.717, 1.165) is 22.6 Å². The zero-order chi connectivity index (χ0) is 15.5. The Balaban J connectivity index is 1.79. The van der Waals surface area contributed by atoms with Gasteiger partial charge >= 0.3 is 0 Å². The van der Waals surface area contributed by atoms with E-state index in [9.17, 15) is 0 Å². The van der Waals surface area contributed by atoms with Crippen molar-refractivity contribution in [3.8, 4) is 17.0 Å². The minimum atomic E-state index is 0.307. The molecule has 0 spiro atoms. The molecule has 3 rings (SSSR count). The molecule has 2 N–H and O–H groups in total. The van der Waals surface area contributed by atoms with Crippen molar-refractivity contribution in [2.75, 3.05) is 5.73 Å². The average Bonchev–Trinajstić information content (AvgIpc) is 2.94. The fourth-order valence-corrected chi connectivity index (χ4v) is 3.07. The molecule has 3 aromatic rings. The third-order valence-electron chi connectivity index (χ3n) is 3.10. The van der Waals surface area contributed by atoms with Crippen LogP contribution in [0.3, 0.4) is 0 Å². The van der Waals surface area contributed by atoms with Crippen molar-refractivity contribution in [2.45, 2.75) is 6.61 Å². The quantitative estimate of drug-likeness (QED) is 0.696. The summed E-state index contributed by atoms with van der Waals surface area (Å²) >= 11 is 13.7. The van der Waals surface area contributed by atoms with Gasteiger partial charge in [0.05, 0.1) is 5.69 Å². The van der Waals surface area contributed by atoms with Gasteiger partial charge in [-0.3, -0.25) is 0 Å². The number of nitrogen functional groups attached to an aromatic ring is 1. The van der Waals surface area contributed by atoms with E-state index in [-0.39, 0.29) is 0 Å². The van der Waals surface area contributed by atoms with Gasteiger partial charge in [0.2, 0.25) is 0 Å². The van der Waals surface area contributed by atoms with E-state index in [1.54, 1.807) is 18.2 Å². The molecule has 1 heterocycles. The molecule has 1 aromatic heterocycles. The largest absolute Gasteiger partial charge is 0.489 e. The molecule has 0 unspecified atom stereocenters. The molecule has 0 amide bonds. The van der Waals surface area contributed by atoms with Gasteiger partial charge in [0.1, 0.15) is 12.4 Å². The van der Waals surface area contributed by atoms with Gasteiger partial charge in [-0.1, -0.05) is 41.4 Å². The lowest BCUT2D eigenvalue weighted by Crippen LogP contribution is -1.97. The predicted molar refractivity (Wildman–Crippen MR) is 92.8 cm³/mol. The summed E-state index contributed by atoms with van der Waals surface area (Å²) in [4.78, 5) is 4.27. The van der Waals surface area contributed by atoms with Crippen molar-refractivity contribution in [2.24, 2.45) is 0 Å². The molecule has 0 radical (unpaired) electrons. The number of halogens is 2. The summed E-state index contributed by atoms with van der Waals surface area (Å²) < 4.78 is 5.80. The molecule has 0 aliphatic rings. The second-order valence-corrected chi connectivity index (χ2v) is 6.29. The molecule has 112 valence electrons. The monoisotopic (exact) mass is 350 g/mol. The fraction of sp³-hybridized carbons (Fsp3) is 0.0625. The molecule has 0 aliphatic heterocycles. The Morgan fingerprint density at radius 1 is 1.09 bits per heavy atom. The number of benzene rings is 2. The van der Waals surface area contributed by atoms with Crippen LogP contribution in [0.15, 0.2) is 47.8 Å². The number of hydrogen-bond acceptors (Lipinski definition) is 4. The Morgan fingerprint density at radius 2 is 1.82 bits per heavy atom. The number of nitrogens with zero attached hydrogens (tertiary/aromatic N) is 1. The lowest BCUT2D eigenvalue weighted by atomic mass is 10.1. The van der Waals surface area contributed by atoms with E-state index in [0.29, 0.717) is 21.8 Å². The van der Waals surface area contributed by atoms with E-state index in [4.69, 9.17) is 33.7 Å². The molecule has 0 saturated carbocycles. The second-order valence-electron chi connectivity index (χ2n) is 4.59. The predicted octanol–water partition coefficient (Wildman–Crippen LogP) is 5.28. The molecule has 3 nitrogen and oxygen atoms in total. The Labute approximate surface area is 142 Å². The van der Waals surface area contributed by atoms with Crippen LogP contribution in [-0.4, -0.2) is 4.98 Å². The number of anilines is 1. The first-order valence-electron chi connectivity index (χ1n) is 6.50. The maximum Gasteiger partial charge on any atom is 0.180 e. The van der Waals surface area contributed by atoms with Crippen LogP contribution in [0, 0.1) is 0 Å². The maximum atomic E-state index is 6.14. The van der Waals surface area contributed by atoms with Crippen molar-refractivity contribution >= 4 is 39.7 Å². The highest BCUT2D eigenvalue weighted by atomic mass is 35.5. The summed E-state index contributed by atoms with van der Waals surface area (Å²) in [5.74, 6) is 0.722. The summed E-state index contributed by atoms with van der Waals surface area (Å²) in [6.07, 6.45) is 0. The van der Waals surface area contributed by atoms with Gasteiger partial charge in [-0.05, 0) is 24.3 Å². The molecule has 0 saturated heterocycles. The minimum absolute atomic E-state index is 0.307. The van der Waals surface area contributed by atoms with Gasteiger partial charge in [0, 0.05) is 26.6 Å². The van der Waals surface area contributed by atoms with E-state index >= 15 is 0 Å². The Bertz CT molecular complexity index is 784. The number of rotatable bonds is 4. The smallest absolute Gasteiger partial charge is 0.180 e. The molecular weight excluding hydrogens is 339 g/mol. The summed E-state index contributed by atoms with van der Waals surface area (Å²) in [6.45, 7) is 0.307. The molecular formula is C16H12Cl2N2OS. The van der Waals surface area contributed by atoms with Crippen LogP contribution in [0.2, 0.25) is 10.0 Å². The highest BCUT2D eigenvalue weighted by Crippen LogP contribution is 2.28. The second kappa shape index (κ2) is 6.57. The van der Waals surface area contributed by atoms with E-state index in [1.165, 1.54) is 11.3 Å². The summed E-state index contributed by atoms with van der Waals surface area (Å²) in [7, 11) is 0. The Morgan fingerprint density at radius 3 is 2.50 bits per heavy atom. The number of aromatic nitrogens is 1. The van der Waals surface area contributed by atoms with Crippen LogP contribution in [0.1, 0.15) is 5.56 Å². The zero-order valence-electron chi connectivity index (χ0n) is 11.4. The van der Waals surface area contributed by atoms with Gasteiger partial charge in [-0.2, -0.15) is 0 Å². The van der Waals surface area contributed by atoms with Crippen LogP contribution in [0.5, 0.6) is 5.75 Å². The number of hydrogen-bond donors (Lipinski definition) is 1. The van der Waals surface area contributed by atoms with Crippen LogP contribution in [0.25, 0.3) is 11.3 Å². The summed E-state index contributed by atoms with van der Waals surface area (Å²) in [6, 6.07) is 13.1. The number of thiazole rings is 1. The third-order valence-corrected chi connectivity index (χ3v) is 4.48. The maximum absolute atomic E-state index is 6.14. The van der Waals surface area contributed by atoms with E-state index in [2.05, 4.69) is 4.98 Å². The molecule has 22 heavy (non-hydrogen) atoms. The summed E-state index contributed by atoms with van der Waals surface area (Å²) in [5, 5.41) is 3.65. The van der Waals surface area contributed by atoms with E-state index in [1.807, 2.05) is 29.6 Å². The molecule has 6 heteroatoms. The third kappa shape index (κ3) is 3.35. The van der Waals surface area contributed by atoms with Gasteiger partial charge < -0.3 is 10.5 Å². The fourth-order valence-electron chi connectivity index (χ4n) is 1.99. The zero-order valence-corrected chi connectivity index (χ0v) is 13.8. The van der Waals surface area contributed by atoms with Crippen molar-refractivity contribution in [1.82, 2.24) is 4.98 Å². The first-order chi connectivity index (χ1) is 10.6. The van der Waals surface area contributed by atoms with Crippen LogP contribution in [0.4, 0.5) is 5.13 Å². The van der Waals surface area contributed by atoms with Crippen LogP contribution >= 0.6 is 34.5 Å². The molecule has 0 bridgehead atoms. The summed E-state index contributed by atoms with van der Waals surface area (Å²) in [5.41, 5.74) is 8.23. The first-order valence-corrected chi connectivity index (χ1v) is 8.14. The van der Waals surface area contributed by atoms with Crippen molar-refractivity contribution < 1.29 is 4.74 Å². The van der Waals surface area contributed by atoms with Gasteiger partial charge in [-0.15, -0.1) is 11.3 Å². The van der Waals surface area contributed by atoms with Gasteiger partial charge in [0.15, 0.2) is 5.13 Å². The van der Waals surface area contributed by atoms with Gasteiger partial charge in [0.25, 0.3) is 0 Å². The van der Waals surface area contributed by atoms with Gasteiger partial charge in [-0.25, -0.2) is 4.98 Å². The molecule has 0 aliphatic carbocycles. The normalized spacial score (nSPS) is 10.6. The van der Waals surface area contributed by atoms with Crippen molar-refractivity contribution in [3.05, 3.63) is 63.5 Å². The first kappa shape index (κ1) is 15.2. The topological polar surface area (TPSA) is 48.1 Å². The molecule has 0 atom stereocenters. The van der Waals surface area contributed by atoms with Crippen molar-refractivity contribution in [3.63, 3.8) is 0 Å². The van der Waals surface area contributed by atoms with Crippen LogP contribution in [-0.2, 0) is 6.61 Å². The SMILES string of the molecule is Nc1nc(-c2cccc(OCc3c(Cl)cccc3Cl)c2)cs1. The Kier molecular flexibility index (Phi) is 4.52.